The highest BCUT2D eigenvalue weighted by Gasteiger charge is 2.12. The van der Waals surface area contributed by atoms with Crippen LogP contribution in [0.3, 0.4) is 0 Å². The molecule has 0 aliphatic carbocycles. The molecule has 7 nitrogen and oxygen atoms in total. The number of halogens is 1. The number of ether oxygens (including phenoxy) is 1. The first-order valence-electron chi connectivity index (χ1n) is 11.6. The van der Waals surface area contributed by atoms with E-state index in [1.165, 1.54) is 16.6 Å². The molecule has 0 saturated carbocycles. The van der Waals surface area contributed by atoms with Crippen LogP contribution in [0.2, 0.25) is 5.02 Å². The number of nitrogens with one attached hydrogen (secondary N) is 1. The fourth-order valence-electron chi connectivity index (χ4n) is 3.56. The lowest BCUT2D eigenvalue weighted by molar-refractivity contribution is -0.131. The summed E-state index contributed by atoms with van der Waals surface area (Å²) in [6.07, 6.45) is 6.00. The van der Waals surface area contributed by atoms with Crippen molar-refractivity contribution in [2.24, 2.45) is 0 Å². The summed E-state index contributed by atoms with van der Waals surface area (Å²) in [7, 11) is 4.08. The number of anilines is 2. The van der Waals surface area contributed by atoms with Gasteiger partial charge in [-0.15, -0.1) is 11.3 Å². The van der Waals surface area contributed by atoms with E-state index in [2.05, 4.69) is 26.3 Å². The predicted molar refractivity (Wildman–Crippen MR) is 153 cm³/mol. The van der Waals surface area contributed by atoms with Gasteiger partial charge in [0.25, 0.3) is 0 Å². The molecule has 0 fully saturated rings. The number of aliphatic carboxylic acids is 1. The van der Waals surface area contributed by atoms with E-state index in [0.717, 1.165) is 41.4 Å². The van der Waals surface area contributed by atoms with Crippen molar-refractivity contribution in [1.29, 1.82) is 0 Å². The lowest BCUT2D eigenvalue weighted by atomic mass is 10.1. The number of aromatic nitrogens is 2. The molecule has 2 aromatic heterocycles. The fourth-order valence-corrected chi connectivity index (χ4v) is 5.59. The molecule has 10 heteroatoms. The number of rotatable bonds is 12. The molecule has 0 atom stereocenters. The molecule has 0 unspecified atom stereocenters. The molecule has 0 radical (unpaired) electrons. The highest BCUT2D eigenvalue weighted by atomic mass is 35.5. The van der Waals surface area contributed by atoms with Crippen molar-refractivity contribution < 1.29 is 14.6 Å². The molecule has 0 spiro atoms. The lowest BCUT2D eigenvalue weighted by Crippen LogP contribution is -2.13. The van der Waals surface area contributed by atoms with Gasteiger partial charge in [0.05, 0.1) is 21.4 Å². The summed E-state index contributed by atoms with van der Waals surface area (Å²) in [5, 5.41) is 15.9. The van der Waals surface area contributed by atoms with Crippen LogP contribution in [-0.4, -0.2) is 53.2 Å². The third kappa shape index (κ3) is 7.69. The maximum atomic E-state index is 11.2. The number of unbranched alkanes of at least 4 members (excludes halogenated alkanes) is 1. The summed E-state index contributed by atoms with van der Waals surface area (Å²) >= 11 is 9.85. The summed E-state index contributed by atoms with van der Waals surface area (Å²) in [5.41, 5.74) is 2.11. The van der Waals surface area contributed by atoms with Crippen molar-refractivity contribution in [2.75, 3.05) is 32.6 Å². The van der Waals surface area contributed by atoms with Crippen LogP contribution >= 0.6 is 34.7 Å². The van der Waals surface area contributed by atoms with Crippen LogP contribution < -0.4 is 10.1 Å². The SMILES string of the molecule is CN(C)CCCCOc1cc2ncnc(Nc3ccc(Sc4cccs4)c(Cl)c3)c2cc1C=CC(=O)O. The minimum absolute atomic E-state index is 0.526. The zero-order valence-corrected chi connectivity index (χ0v) is 22.9. The van der Waals surface area contributed by atoms with E-state index < -0.39 is 5.97 Å². The van der Waals surface area contributed by atoms with Crippen molar-refractivity contribution in [3.8, 4) is 5.75 Å². The van der Waals surface area contributed by atoms with Crippen molar-refractivity contribution in [1.82, 2.24) is 14.9 Å². The van der Waals surface area contributed by atoms with Gasteiger partial charge in [-0.2, -0.15) is 0 Å². The van der Waals surface area contributed by atoms with Crippen molar-refractivity contribution in [3.05, 3.63) is 70.8 Å². The number of carbonyl (C=O) groups is 1. The Hall–Kier alpha value is -3.11. The molecule has 2 aromatic carbocycles. The van der Waals surface area contributed by atoms with E-state index in [1.807, 2.05) is 55.9 Å². The molecular formula is C27H27ClN4O3S2. The van der Waals surface area contributed by atoms with Crippen molar-refractivity contribution >= 4 is 69.2 Å². The molecule has 4 rings (SSSR count). The minimum Gasteiger partial charge on any atom is -0.493 e. The molecule has 2 heterocycles. The second-order valence-electron chi connectivity index (χ2n) is 8.46. The molecule has 2 N–H and O–H groups in total. The molecule has 0 saturated heterocycles. The van der Waals surface area contributed by atoms with Crippen molar-refractivity contribution in [2.45, 2.75) is 21.9 Å². The van der Waals surface area contributed by atoms with Crippen LogP contribution in [0, 0.1) is 0 Å². The number of thiophene rings is 1. The number of hydrogen-bond acceptors (Lipinski definition) is 8. The molecule has 0 bridgehead atoms. The number of nitrogens with zero attached hydrogens (tertiary/aromatic N) is 3. The Balaban J connectivity index is 1.58. The Labute approximate surface area is 229 Å². The smallest absolute Gasteiger partial charge is 0.328 e. The zero-order valence-electron chi connectivity index (χ0n) is 20.5. The molecule has 0 aliphatic rings. The summed E-state index contributed by atoms with van der Waals surface area (Å²) in [5.74, 6) is 0.134. The van der Waals surface area contributed by atoms with E-state index in [0.29, 0.717) is 34.3 Å². The van der Waals surface area contributed by atoms with Gasteiger partial charge >= 0.3 is 5.97 Å². The van der Waals surface area contributed by atoms with E-state index in [4.69, 9.17) is 16.3 Å². The summed E-state index contributed by atoms with van der Waals surface area (Å²) in [6, 6.07) is 13.5. The molecule has 192 valence electrons. The number of fused-ring (bicyclic) bond motifs is 1. The van der Waals surface area contributed by atoms with Crippen LogP contribution in [0.4, 0.5) is 11.5 Å². The largest absolute Gasteiger partial charge is 0.493 e. The molecule has 0 amide bonds. The van der Waals surface area contributed by atoms with Gasteiger partial charge in [-0.05, 0) is 75.3 Å². The normalized spacial score (nSPS) is 11.5. The third-order valence-electron chi connectivity index (χ3n) is 5.33. The predicted octanol–water partition coefficient (Wildman–Crippen LogP) is 7.06. The summed E-state index contributed by atoms with van der Waals surface area (Å²) in [6.45, 7) is 1.50. The van der Waals surface area contributed by atoms with Gasteiger partial charge in [0.1, 0.15) is 17.9 Å². The van der Waals surface area contributed by atoms with Crippen LogP contribution in [0.25, 0.3) is 17.0 Å². The third-order valence-corrected chi connectivity index (χ3v) is 7.87. The summed E-state index contributed by atoms with van der Waals surface area (Å²) < 4.78 is 7.20. The Morgan fingerprint density at radius 2 is 2.08 bits per heavy atom. The molecule has 0 aliphatic heterocycles. The molecular weight excluding hydrogens is 528 g/mol. The Bertz CT molecular complexity index is 1390. The van der Waals surface area contributed by atoms with Gasteiger partial charge in [-0.1, -0.05) is 29.4 Å². The second kappa shape index (κ2) is 12.9. The van der Waals surface area contributed by atoms with E-state index in [-0.39, 0.29) is 0 Å². The summed E-state index contributed by atoms with van der Waals surface area (Å²) in [4.78, 5) is 23.1. The van der Waals surface area contributed by atoms with Gasteiger partial charge in [0, 0.05) is 33.7 Å². The van der Waals surface area contributed by atoms with E-state index >= 15 is 0 Å². The fraction of sp³-hybridized carbons (Fsp3) is 0.222. The maximum Gasteiger partial charge on any atom is 0.328 e. The van der Waals surface area contributed by atoms with Crippen LogP contribution in [0.1, 0.15) is 18.4 Å². The Morgan fingerprint density at radius 3 is 2.81 bits per heavy atom. The first-order chi connectivity index (χ1) is 17.9. The van der Waals surface area contributed by atoms with Crippen molar-refractivity contribution in [3.63, 3.8) is 0 Å². The van der Waals surface area contributed by atoms with E-state index in [9.17, 15) is 9.90 Å². The second-order valence-corrected chi connectivity index (χ2v) is 11.2. The molecule has 4 aromatic rings. The highest BCUT2D eigenvalue weighted by molar-refractivity contribution is 8.01. The maximum absolute atomic E-state index is 11.2. The zero-order chi connectivity index (χ0) is 26.2. The van der Waals surface area contributed by atoms with Crippen LogP contribution in [-0.2, 0) is 4.79 Å². The minimum atomic E-state index is -1.03. The van der Waals surface area contributed by atoms with Crippen LogP contribution in [0.5, 0.6) is 5.75 Å². The molecule has 37 heavy (non-hydrogen) atoms. The highest BCUT2D eigenvalue weighted by Crippen LogP contribution is 2.38. The van der Waals surface area contributed by atoms with Gasteiger partial charge < -0.3 is 20.1 Å². The first-order valence-corrected chi connectivity index (χ1v) is 13.7. The monoisotopic (exact) mass is 554 g/mol. The number of hydrogen-bond donors (Lipinski definition) is 2. The average Bonchev–Trinajstić information content (AvgIpc) is 3.37. The van der Waals surface area contributed by atoms with Crippen LogP contribution in [0.15, 0.2) is 69.4 Å². The van der Waals surface area contributed by atoms with Gasteiger partial charge in [-0.25, -0.2) is 14.8 Å². The van der Waals surface area contributed by atoms with Gasteiger partial charge in [-0.3, -0.25) is 0 Å². The average molecular weight is 555 g/mol. The topological polar surface area (TPSA) is 87.6 Å². The Kier molecular flexibility index (Phi) is 9.40. The van der Waals surface area contributed by atoms with E-state index in [1.54, 1.807) is 23.1 Å². The number of carboxylic acid groups (broad SMARTS) is 1. The Morgan fingerprint density at radius 1 is 1.22 bits per heavy atom. The lowest BCUT2D eigenvalue weighted by Gasteiger charge is -2.14. The van der Waals surface area contributed by atoms with Gasteiger partial charge in [0.2, 0.25) is 0 Å². The quantitative estimate of drug-likeness (QED) is 0.142. The first kappa shape index (κ1) is 26.9. The number of benzene rings is 2. The standard InChI is InChI=1S/C27H27ClN4O3S2/c1-32(2)11-3-4-12-35-23-16-22-20(14-18(23)7-10-25(33)34)27(30-17-29-22)31-19-8-9-24(21(28)15-19)37-26-6-5-13-36-26/h5-10,13-17H,3-4,11-12H2,1-2H3,(H,33,34)(H,29,30,31). The van der Waals surface area contributed by atoms with Gasteiger partial charge in [0.15, 0.2) is 0 Å². The number of carboxylic acids is 1.